The van der Waals surface area contributed by atoms with E-state index < -0.39 is 9.84 Å². The van der Waals surface area contributed by atoms with Gasteiger partial charge in [0.25, 0.3) is 0 Å². The summed E-state index contributed by atoms with van der Waals surface area (Å²) in [5, 5.41) is 5.51. The van der Waals surface area contributed by atoms with E-state index >= 15 is 0 Å². The number of rotatable bonds is 5. The van der Waals surface area contributed by atoms with Crippen LogP contribution >= 0.6 is 0 Å². The van der Waals surface area contributed by atoms with Crippen LogP contribution in [0.25, 0.3) is 0 Å². The van der Waals surface area contributed by atoms with Gasteiger partial charge < -0.3 is 10.6 Å². The molecule has 0 bridgehead atoms. The van der Waals surface area contributed by atoms with Crippen LogP contribution in [0.2, 0.25) is 0 Å². The number of hydrogen-bond donors (Lipinski definition) is 4. The van der Waals surface area contributed by atoms with Gasteiger partial charge in [-0.1, -0.05) is 12.1 Å². The Labute approximate surface area is 153 Å². The van der Waals surface area contributed by atoms with Crippen molar-refractivity contribution >= 4 is 21.6 Å². The van der Waals surface area contributed by atoms with Gasteiger partial charge in [-0.05, 0) is 48.9 Å². The minimum Gasteiger partial charge on any atom is -0.337 e. The van der Waals surface area contributed by atoms with Gasteiger partial charge in [-0.25, -0.2) is 13.2 Å². The second-order valence-corrected chi connectivity index (χ2v) is 8.26. The Bertz CT molecular complexity index is 876. The highest BCUT2D eigenvalue weighted by atomic mass is 32.2. The number of sulfone groups is 1. The number of hydrogen-bond acceptors (Lipinski definition) is 5. The Kier molecular flexibility index (Phi) is 5.55. The van der Waals surface area contributed by atoms with Crippen LogP contribution in [-0.2, 0) is 9.84 Å². The number of nitrogens with one attached hydrogen (secondary N) is 4. The van der Waals surface area contributed by atoms with E-state index in [-0.39, 0.29) is 15.8 Å². The predicted molar refractivity (Wildman–Crippen MR) is 99.6 cm³/mol. The number of anilines is 1. The van der Waals surface area contributed by atoms with Crippen LogP contribution in [-0.4, -0.2) is 34.1 Å². The van der Waals surface area contributed by atoms with E-state index in [4.69, 9.17) is 0 Å². The highest BCUT2D eigenvalue weighted by Crippen LogP contribution is 2.23. The lowest BCUT2D eigenvalue weighted by atomic mass is 10.2. The maximum atomic E-state index is 12.7. The summed E-state index contributed by atoms with van der Waals surface area (Å²) in [5.74, 6) is 0.350. The van der Waals surface area contributed by atoms with E-state index in [1.807, 2.05) is 13.0 Å². The molecule has 8 heteroatoms. The van der Waals surface area contributed by atoms with Gasteiger partial charge in [0.15, 0.2) is 0 Å². The van der Waals surface area contributed by atoms with E-state index in [1.54, 1.807) is 30.3 Å². The summed E-state index contributed by atoms with van der Waals surface area (Å²) >= 11 is 0. The molecule has 2 aromatic rings. The average molecular weight is 374 g/mol. The molecule has 1 heterocycles. The van der Waals surface area contributed by atoms with Crippen LogP contribution in [0.4, 0.5) is 10.5 Å². The quantitative estimate of drug-likeness (QED) is 0.638. The zero-order valence-corrected chi connectivity index (χ0v) is 15.3. The summed E-state index contributed by atoms with van der Waals surface area (Å²) in [7, 11) is -3.57. The Morgan fingerprint density at radius 2 is 1.77 bits per heavy atom. The fourth-order valence-electron chi connectivity index (χ4n) is 2.70. The summed E-state index contributed by atoms with van der Waals surface area (Å²) in [6, 6.07) is 12.6. The van der Waals surface area contributed by atoms with Crippen LogP contribution in [0.3, 0.4) is 0 Å². The lowest BCUT2D eigenvalue weighted by molar-refractivity contribution is 0.250. The second-order valence-electron chi connectivity index (χ2n) is 6.31. The third kappa shape index (κ3) is 4.40. The molecule has 0 unspecified atom stereocenters. The fraction of sp³-hybridized carbons (Fsp3) is 0.278. The molecule has 0 aromatic heterocycles. The SMILES string of the molecule is Cc1cccc(S(=O)(=O)c2ccc(NC(=O)NCC3CNNC3)cc2)c1. The molecular weight excluding hydrogens is 352 g/mol. The van der Waals surface area contributed by atoms with Gasteiger partial charge in [0.2, 0.25) is 9.84 Å². The molecule has 1 aliphatic heterocycles. The maximum Gasteiger partial charge on any atom is 0.319 e. The van der Waals surface area contributed by atoms with Gasteiger partial charge in [-0.2, -0.15) is 0 Å². The van der Waals surface area contributed by atoms with Crippen LogP contribution in [0.1, 0.15) is 5.56 Å². The monoisotopic (exact) mass is 374 g/mol. The zero-order chi connectivity index (χ0) is 18.6. The molecule has 1 aliphatic rings. The van der Waals surface area contributed by atoms with Crippen molar-refractivity contribution in [2.24, 2.45) is 5.92 Å². The minimum absolute atomic E-state index is 0.192. The Morgan fingerprint density at radius 1 is 1.08 bits per heavy atom. The first-order valence-electron chi connectivity index (χ1n) is 8.37. The third-order valence-electron chi connectivity index (χ3n) is 4.18. The summed E-state index contributed by atoms with van der Waals surface area (Å²) < 4.78 is 25.3. The highest BCUT2D eigenvalue weighted by Gasteiger charge is 2.18. The van der Waals surface area contributed by atoms with E-state index in [2.05, 4.69) is 21.5 Å². The smallest absolute Gasteiger partial charge is 0.319 e. The van der Waals surface area contributed by atoms with E-state index in [0.717, 1.165) is 18.7 Å². The van der Waals surface area contributed by atoms with Gasteiger partial charge in [0, 0.05) is 31.2 Å². The largest absolute Gasteiger partial charge is 0.337 e. The summed E-state index contributed by atoms with van der Waals surface area (Å²) in [4.78, 5) is 12.4. The highest BCUT2D eigenvalue weighted by molar-refractivity contribution is 7.91. The zero-order valence-electron chi connectivity index (χ0n) is 14.5. The maximum absolute atomic E-state index is 12.7. The standard InChI is InChI=1S/C18H22N4O3S/c1-13-3-2-4-17(9-13)26(24,25)16-7-5-15(6-8-16)22-18(23)19-10-14-11-20-21-12-14/h2-9,14,20-21H,10-12H2,1H3,(H2,19,22,23). The molecule has 0 spiro atoms. The molecule has 2 amide bonds. The number of carbonyl (C=O) groups is 1. The molecular formula is C18H22N4O3S. The molecule has 0 aliphatic carbocycles. The van der Waals surface area contributed by atoms with Crippen molar-refractivity contribution in [2.75, 3.05) is 25.0 Å². The van der Waals surface area contributed by atoms with Crippen LogP contribution in [0.15, 0.2) is 58.3 Å². The second kappa shape index (κ2) is 7.86. The summed E-state index contributed by atoms with van der Waals surface area (Å²) in [6.45, 7) is 4.03. The Hall–Kier alpha value is -2.42. The van der Waals surface area contributed by atoms with Gasteiger partial charge in [0.05, 0.1) is 9.79 Å². The lowest BCUT2D eigenvalue weighted by Gasteiger charge is -2.11. The summed E-state index contributed by atoms with van der Waals surface area (Å²) in [5.41, 5.74) is 7.43. The topological polar surface area (TPSA) is 99.3 Å². The van der Waals surface area contributed by atoms with Crippen molar-refractivity contribution in [1.82, 2.24) is 16.2 Å². The Morgan fingerprint density at radius 3 is 2.42 bits per heavy atom. The molecule has 4 N–H and O–H groups in total. The number of benzene rings is 2. The van der Waals surface area contributed by atoms with Crippen molar-refractivity contribution in [3.05, 3.63) is 54.1 Å². The van der Waals surface area contributed by atoms with E-state index in [1.165, 1.54) is 12.1 Å². The van der Waals surface area contributed by atoms with Gasteiger partial charge in [-0.15, -0.1) is 0 Å². The molecule has 0 saturated carbocycles. The van der Waals surface area contributed by atoms with Crippen molar-refractivity contribution in [2.45, 2.75) is 16.7 Å². The van der Waals surface area contributed by atoms with E-state index in [0.29, 0.717) is 18.2 Å². The van der Waals surface area contributed by atoms with Gasteiger partial charge in [-0.3, -0.25) is 10.9 Å². The molecule has 0 atom stereocenters. The number of amides is 2. The van der Waals surface area contributed by atoms with Crippen molar-refractivity contribution in [1.29, 1.82) is 0 Å². The van der Waals surface area contributed by atoms with Gasteiger partial charge in [0.1, 0.15) is 0 Å². The Balaban J connectivity index is 1.63. The first kappa shape index (κ1) is 18.4. The molecule has 26 heavy (non-hydrogen) atoms. The predicted octanol–water partition coefficient (Wildman–Crippen LogP) is 1.67. The van der Waals surface area contributed by atoms with Crippen LogP contribution < -0.4 is 21.5 Å². The third-order valence-corrected chi connectivity index (χ3v) is 5.95. The number of aryl methyl sites for hydroxylation is 1. The average Bonchev–Trinajstić information content (AvgIpc) is 3.14. The lowest BCUT2D eigenvalue weighted by Crippen LogP contribution is -2.34. The molecule has 1 saturated heterocycles. The van der Waals surface area contributed by atoms with Crippen molar-refractivity contribution in [3.8, 4) is 0 Å². The van der Waals surface area contributed by atoms with Crippen molar-refractivity contribution in [3.63, 3.8) is 0 Å². The molecule has 3 rings (SSSR count). The number of carbonyl (C=O) groups excluding carboxylic acids is 1. The molecule has 7 nitrogen and oxygen atoms in total. The van der Waals surface area contributed by atoms with Crippen LogP contribution in [0, 0.1) is 12.8 Å². The molecule has 138 valence electrons. The normalized spacial score (nSPS) is 15.0. The van der Waals surface area contributed by atoms with Gasteiger partial charge >= 0.3 is 6.03 Å². The first-order valence-corrected chi connectivity index (χ1v) is 9.86. The number of hydrazine groups is 1. The molecule has 1 fully saturated rings. The van der Waals surface area contributed by atoms with Crippen LogP contribution in [0.5, 0.6) is 0 Å². The molecule has 0 radical (unpaired) electrons. The van der Waals surface area contributed by atoms with Crippen molar-refractivity contribution < 1.29 is 13.2 Å². The molecule has 2 aromatic carbocycles. The van der Waals surface area contributed by atoms with E-state index in [9.17, 15) is 13.2 Å². The first-order chi connectivity index (χ1) is 12.4. The minimum atomic E-state index is -3.57. The number of urea groups is 1. The fourth-order valence-corrected chi connectivity index (χ4v) is 4.06. The summed E-state index contributed by atoms with van der Waals surface area (Å²) in [6.07, 6.45) is 0.